The lowest BCUT2D eigenvalue weighted by atomic mass is 9.94. The number of nitrogens with one attached hydrogen (secondary N) is 2. The Kier molecular flexibility index (Phi) is 10.8. The van der Waals surface area contributed by atoms with Crippen LogP contribution in [0.25, 0.3) is 0 Å². The molecule has 2 aliphatic heterocycles. The molecule has 2 heterocycles. The van der Waals surface area contributed by atoms with E-state index in [1.54, 1.807) is 11.9 Å². The molecular formula is C22H44IN5O3. The van der Waals surface area contributed by atoms with Gasteiger partial charge in [-0.05, 0) is 86.9 Å². The normalized spacial score (nSPS) is 25.2. The van der Waals surface area contributed by atoms with Crippen molar-refractivity contribution in [1.29, 1.82) is 0 Å². The number of rotatable bonds is 5. The Morgan fingerprint density at radius 2 is 1.84 bits per heavy atom. The second-order valence-electron chi connectivity index (χ2n) is 10.1. The minimum absolute atomic E-state index is 0. The van der Waals surface area contributed by atoms with Gasteiger partial charge in [0.15, 0.2) is 5.96 Å². The molecule has 0 aliphatic carbocycles. The summed E-state index contributed by atoms with van der Waals surface area (Å²) in [5.74, 6) is 1.53. The summed E-state index contributed by atoms with van der Waals surface area (Å²) in [7, 11) is 3.96. The zero-order valence-electron chi connectivity index (χ0n) is 20.7. The number of nitrogens with zero attached hydrogens (tertiary/aromatic N) is 3. The maximum absolute atomic E-state index is 12.9. The Balaban J connectivity index is 0.00000480. The number of amides is 1. The van der Waals surface area contributed by atoms with Crippen molar-refractivity contribution in [2.24, 2.45) is 10.9 Å². The van der Waals surface area contributed by atoms with Gasteiger partial charge in [-0.25, -0.2) is 4.79 Å². The molecule has 2 fully saturated rings. The van der Waals surface area contributed by atoms with Crippen LogP contribution in [0.15, 0.2) is 4.99 Å². The van der Waals surface area contributed by atoms with Crippen LogP contribution in [0, 0.1) is 5.92 Å². The standard InChI is InChI=1S/C22H43N5O3.HI/c1-16-18(27(22(5,6)29-16)20(28)30-21(2,3)4)15-25-19(23-7)24-12-9-17-10-13-26(8)14-11-17;/h16-18H,9-15H2,1-8H3,(H2,23,24,25);1H. The highest BCUT2D eigenvalue weighted by Gasteiger charge is 2.49. The molecule has 0 radical (unpaired) electrons. The van der Waals surface area contributed by atoms with Crippen molar-refractivity contribution in [1.82, 2.24) is 20.4 Å². The first-order chi connectivity index (χ1) is 13.9. The average Bonchev–Trinajstić information content (AvgIpc) is 2.86. The van der Waals surface area contributed by atoms with Crippen LogP contribution in [0.3, 0.4) is 0 Å². The van der Waals surface area contributed by atoms with Crippen molar-refractivity contribution < 1.29 is 14.3 Å². The number of hydrogen-bond donors (Lipinski definition) is 2. The van der Waals surface area contributed by atoms with E-state index in [2.05, 4.69) is 27.6 Å². The summed E-state index contributed by atoms with van der Waals surface area (Å²) in [4.78, 5) is 21.3. The number of carbonyl (C=O) groups excluding carboxylic acids is 1. The highest BCUT2D eigenvalue weighted by molar-refractivity contribution is 14.0. The molecule has 1 amide bonds. The summed E-state index contributed by atoms with van der Waals surface area (Å²) in [6.07, 6.45) is 3.21. The fourth-order valence-corrected chi connectivity index (χ4v) is 4.29. The van der Waals surface area contributed by atoms with Gasteiger partial charge in [-0.1, -0.05) is 0 Å². The summed E-state index contributed by atoms with van der Waals surface area (Å²) in [5, 5.41) is 6.79. The van der Waals surface area contributed by atoms with Gasteiger partial charge in [-0.15, -0.1) is 24.0 Å². The van der Waals surface area contributed by atoms with Crippen LogP contribution >= 0.6 is 24.0 Å². The third kappa shape index (κ3) is 8.57. The van der Waals surface area contributed by atoms with Gasteiger partial charge >= 0.3 is 6.09 Å². The largest absolute Gasteiger partial charge is 0.444 e. The molecule has 2 N–H and O–H groups in total. The molecule has 0 bridgehead atoms. The molecule has 2 aliphatic rings. The first-order valence-electron chi connectivity index (χ1n) is 11.3. The zero-order chi connectivity index (χ0) is 22.5. The predicted molar refractivity (Wildman–Crippen MR) is 136 cm³/mol. The Hall–Kier alpha value is -0.810. The van der Waals surface area contributed by atoms with E-state index in [4.69, 9.17) is 9.47 Å². The number of guanidine groups is 1. The molecule has 2 atom stereocenters. The van der Waals surface area contributed by atoms with E-state index in [-0.39, 0.29) is 42.2 Å². The van der Waals surface area contributed by atoms with E-state index >= 15 is 0 Å². The number of halogens is 1. The van der Waals surface area contributed by atoms with Gasteiger partial charge in [0.05, 0.1) is 12.1 Å². The highest BCUT2D eigenvalue weighted by atomic mass is 127. The number of likely N-dealkylation sites (tertiary alicyclic amines) is 1. The lowest BCUT2D eigenvalue weighted by molar-refractivity contribution is -0.0755. The van der Waals surface area contributed by atoms with Gasteiger partial charge < -0.3 is 25.0 Å². The molecule has 8 nitrogen and oxygen atoms in total. The van der Waals surface area contributed by atoms with Crippen molar-refractivity contribution in [3.8, 4) is 0 Å². The summed E-state index contributed by atoms with van der Waals surface area (Å²) in [5.41, 5.74) is -1.28. The summed E-state index contributed by atoms with van der Waals surface area (Å²) in [6.45, 7) is 15.2. The van der Waals surface area contributed by atoms with Gasteiger partial charge in [0.1, 0.15) is 11.3 Å². The lowest BCUT2D eigenvalue weighted by Gasteiger charge is -2.35. The van der Waals surface area contributed by atoms with Gasteiger partial charge in [0, 0.05) is 20.1 Å². The van der Waals surface area contributed by atoms with E-state index in [1.807, 2.05) is 41.5 Å². The molecule has 31 heavy (non-hydrogen) atoms. The van der Waals surface area contributed by atoms with Gasteiger partial charge in [0.25, 0.3) is 0 Å². The van der Waals surface area contributed by atoms with Gasteiger partial charge in [0.2, 0.25) is 0 Å². The first-order valence-corrected chi connectivity index (χ1v) is 11.3. The third-order valence-corrected chi connectivity index (χ3v) is 5.90. The predicted octanol–water partition coefficient (Wildman–Crippen LogP) is 3.26. The molecule has 0 spiro atoms. The van der Waals surface area contributed by atoms with Gasteiger partial charge in [-0.2, -0.15) is 0 Å². The number of ether oxygens (including phenoxy) is 2. The second-order valence-corrected chi connectivity index (χ2v) is 10.1. The van der Waals surface area contributed by atoms with Crippen molar-refractivity contribution in [3.63, 3.8) is 0 Å². The molecule has 9 heteroatoms. The Bertz CT molecular complexity index is 600. The van der Waals surface area contributed by atoms with Gasteiger partial charge in [-0.3, -0.25) is 9.89 Å². The molecule has 2 unspecified atom stereocenters. The van der Waals surface area contributed by atoms with Crippen LogP contribution < -0.4 is 10.6 Å². The Labute approximate surface area is 205 Å². The van der Waals surface area contributed by atoms with E-state index < -0.39 is 11.3 Å². The highest BCUT2D eigenvalue weighted by Crippen LogP contribution is 2.33. The fraction of sp³-hybridized carbons (Fsp3) is 0.909. The summed E-state index contributed by atoms with van der Waals surface area (Å²) in [6, 6.07) is -0.151. The number of piperidine rings is 1. The van der Waals surface area contributed by atoms with Crippen LogP contribution in [0.2, 0.25) is 0 Å². The van der Waals surface area contributed by atoms with Crippen molar-refractivity contribution >= 4 is 36.0 Å². The maximum atomic E-state index is 12.9. The molecular weight excluding hydrogens is 509 g/mol. The minimum atomic E-state index is -0.723. The quantitative estimate of drug-likeness (QED) is 0.309. The molecule has 0 aromatic heterocycles. The Morgan fingerprint density at radius 1 is 1.23 bits per heavy atom. The monoisotopic (exact) mass is 553 g/mol. The topological polar surface area (TPSA) is 78.4 Å². The van der Waals surface area contributed by atoms with Crippen LogP contribution in [0.5, 0.6) is 0 Å². The summed E-state index contributed by atoms with van der Waals surface area (Å²) >= 11 is 0. The van der Waals surface area contributed by atoms with E-state index in [0.717, 1.165) is 24.8 Å². The number of carbonyl (C=O) groups is 1. The Morgan fingerprint density at radius 3 is 2.39 bits per heavy atom. The first kappa shape index (κ1) is 28.2. The fourth-order valence-electron chi connectivity index (χ4n) is 4.29. The molecule has 2 saturated heterocycles. The maximum Gasteiger partial charge on any atom is 0.412 e. The van der Waals surface area contributed by atoms with Crippen molar-refractivity contribution in [2.45, 2.75) is 84.3 Å². The van der Waals surface area contributed by atoms with E-state index in [1.165, 1.54) is 25.9 Å². The second kappa shape index (κ2) is 11.9. The van der Waals surface area contributed by atoms with Crippen LogP contribution in [-0.2, 0) is 9.47 Å². The van der Waals surface area contributed by atoms with Crippen LogP contribution in [0.1, 0.15) is 60.8 Å². The molecule has 0 saturated carbocycles. The smallest absolute Gasteiger partial charge is 0.412 e. The van der Waals surface area contributed by atoms with Crippen molar-refractivity contribution in [2.75, 3.05) is 40.3 Å². The number of hydrogen-bond acceptors (Lipinski definition) is 5. The third-order valence-electron chi connectivity index (χ3n) is 5.90. The average molecular weight is 554 g/mol. The van der Waals surface area contributed by atoms with E-state index in [9.17, 15) is 4.79 Å². The lowest BCUT2D eigenvalue weighted by Crippen LogP contribution is -2.54. The molecule has 182 valence electrons. The number of aliphatic imine (C=N–C) groups is 1. The molecule has 2 rings (SSSR count). The zero-order valence-corrected chi connectivity index (χ0v) is 23.0. The van der Waals surface area contributed by atoms with E-state index in [0.29, 0.717) is 6.54 Å². The summed E-state index contributed by atoms with van der Waals surface area (Å²) < 4.78 is 11.7. The molecule has 0 aromatic rings. The minimum Gasteiger partial charge on any atom is -0.444 e. The molecule has 0 aromatic carbocycles. The SMILES string of the molecule is CN=C(NCCC1CCN(C)CC1)NCC1C(C)OC(C)(C)N1C(=O)OC(C)(C)C.I. The van der Waals surface area contributed by atoms with Crippen LogP contribution in [0.4, 0.5) is 4.79 Å². The van der Waals surface area contributed by atoms with Crippen molar-refractivity contribution in [3.05, 3.63) is 0 Å². The van der Waals surface area contributed by atoms with Crippen LogP contribution in [-0.4, -0.2) is 85.6 Å².